The minimum Gasteiger partial charge on any atom is -0.464 e. The third-order valence-electron chi connectivity index (χ3n) is 1.89. The second-order valence-electron chi connectivity index (χ2n) is 3.45. The number of carbonyl (C=O) groups excluding carboxylic acids is 2. The Balaban J connectivity index is 3.65. The first-order valence-corrected chi connectivity index (χ1v) is 6.81. The Labute approximate surface area is 101 Å². The van der Waals surface area contributed by atoms with Crippen molar-refractivity contribution in [3.05, 3.63) is 0 Å². The summed E-state index contributed by atoms with van der Waals surface area (Å²) in [6.07, 6.45) is 2.25. The van der Waals surface area contributed by atoms with Crippen molar-refractivity contribution in [2.24, 2.45) is 0 Å². The van der Waals surface area contributed by atoms with E-state index in [2.05, 4.69) is 12.2 Å². The maximum absolute atomic E-state index is 11.4. The van der Waals surface area contributed by atoms with E-state index in [0.29, 0.717) is 12.4 Å². The maximum Gasteiger partial charge on any atom is 0.328 e. The van der Waals surface area contributed by atoms with Gasteiger partial charge in [-0.1, -0.05) is 13.3 Å². The van der Waals surface area contributed by atoms with Crippen LogP contribution in [0.25, 0.3) is 0 Å². The molecule has 0 aliphatic heterocycles. The minimum atomic E-state index is -0.556. The van der Waals surface area contributed by atoms with Gasteiger partial charge in [-0.2, -0.15) is 11.8 Å². The molecule has 0 saturated carbocycles. The van der Waals surface area contributed by atoms with E-state index in [-0.39, 0.29) is 11.9 Å². The lowest BCUT2D eigenvalue weighted by molar-refractivity contribution is -0.146. The molecule has 4 nitrogen and oxygen atoms in total. The Kier molecular flexibility index (Phi) is 9.09. The van der Waals surface area contributed by atoms with Gasteiger partial charge in [0.1, 0.15) is 6.04 Å². The van der Waals surface area contributed by atoms with Crippen LogP contribution < -0.4 is 5.32 Å². The van der Waals surface area contributed by atoms with Crippen LogP contribution in [-0.2, 0) is 14.3 Å². The summed E-state index contributed by atoms with van der Waals surface area (Å²) in [5.41, 5.74) is 0. The van der Waals surface area contributed by atoms with Gasteiger partial charge < -0.3 is 10.1 Å². The predicted octanol–water partition coefficient (Wildman–Crippen LogP) is 1.59. The van der Waals surface area contributed by atoms with Gasteiger partial charge >= 0.3 is 5.97 Å². The van der Waals surface area contributed by atoms with Gasteiger partial charge in [0.25, 0.3) is 0 Å². The molecular weight excluding hydrogens is 226 g/mol. The zero-order chi connectivity index (χ0) is 12.4. The summed E-state index contributed by atoms with van der Waals surface area (Å²) in [7, 11) is 0. The second-order valence-corrected chi connectivity index (χ2v) is 4.55. The van der Waals surface area contributed by atoms with Crippen molar-refractivity contribution in [2.45, 2.75) is 39.7 Å². The molecule has 0 radical (unpaired) electrons. The number of nitrogens with one attached hydrogen (secondary N) is 1. The van der Waals surface area contributed by atoms with Crippen molar-refractivity contribution >= 4 is 23.6 Å². The largest absolute Gasteiger partial charge is 0.464 e. The smallest absolute Gasteiger partial charge is 0.328 e. The SMILES string of the molecule is CCCCSCC(=O)NC(C)C(=O)OCC. The van der Waals surface area contributed by atoms with Crippen molar-refractivity contribution in [1.82, 2.24) is 5.32 Å². The van der Waals surface area contributed by atoms with E-state index in [9.17, 15) is 9.59 Å². The highest BCUT2D eigenvalue weighted by Crippen LogP contribution is 2.03. The van der Waals surface area contributed by atoms with Crippen LogP contribution in [0.3, 0.4) is 0 Å². The number of hydrogen-bond acceptors (Lipinski definition) is 4. The lowest BCUT2D eigenvalue weighted by atomic mass is 10.3. The standard InChI is InChI=1S/C11H21NO3S/c1-4-6-7-16-8-10(13)12-9(3)11(14)15-5-2/h9H,4-8H2,1-3H3,(H,12,13). The van der Waals surface area contributed by atoms with Crippen molar-refractivity contribution in [1.29, 1.82) is 0 Å². The normalized spacial score (nSPS) is 11.9. The minimum absolute atomic E-state index is 0.110. The van der Waals surface area contributed by atoms with Crippen LogP contribution in [0.15, 0.2) is 0 Å². The molecular formula is C11H21NO3S. The molecule has 0 rings (SSSR count). The molecule has 0 aliphatic carbocycles. The van der Waals surface area contributed by atoms with Gasteiger partial charge in [0, 0.05) is 0 Å². The number of ether oxygens (including phenoxy) is 1. The van der Waals surface area contributed by atoms with Crippen LogP contribution >= 0.6 is 11.8 Å². The molecule has 1 N–H and O–H groups in total. The van der Waals surface area contributed by atoms with E-state index in [1.54, 1.807) is 25.6 Å². The Morgan fingerprint density at radius 3 is 2.62 bits per heavy atom. The first-order valence-electron chi connectivity index (χ1n) is 5.65. The molecule has 16 heavy (non-hydrogen) atoms. The molecule has 0 bridgehead atoms. The van der Waals surface area contributed by atoms with Crippen molar-refractivity contribution in [3.63, 3.8) is 0 Å². The lowest BCUT2D eigenvalue weighted by Crippen LogP contribution is -2.40. The van der Waals surface area contributed by atoms with Crippen molar-refractivity contribution in [3.8, 4) is 0 Å². The monoisotopic (exact) mass is 247 g/mol. The summed E-state index contributed by atoms with van der Waals surface area (Å²) in [4.78, 5) is 22.6. The van der Waals surface area contributed by atoms with Crippen LogP contribution in [0.4, 0.5) is 0 Å². The van der Waals surface area contributed by atoms with Gasteiger partial charge in [0.15, 0.2) is 0 Å². The molecule has 0 aromatic rings. The summed E-state index contributed by atoms with van der Waals surface area (Å²) >= 11 is 1.59. The van der Waals surface area contributed by atoms with Gasteiger partial charge in [-0.15, -0.1) is 0 Å². The highest BCUT2D eigenvalue weighted by molar-refractivity contribution is 7.99. The van der Waals surface area contributed by atoms with Gasteiger partial charge in [-0.05, 0) is 26.0 Å². The van der Waals surface area contributed by atoms with E-state index >= 15 is 0 Å². The third-order valence-corrected chi connectivity index (χ3v) is 2.94. The molecule has 94 valence electrons. The van der Waals surface area contributed by atoms with Crippen molar-refractivity contribution < 1.29 is 14.3 Å². The Bertz CT molecular complexity index is 221. The molecule has 1 unspecified atom stereocenters. The number of hydrogen-bond donors (Lipinski definition) is 1. The van der Waals surface area contributed by atoms with Crippen molar-refractivity contribution in [2.75, 3.05) is 18.1 Å². The Hall–Kier alpha value is -0.710. The molecule has 1 amide bonds. The Morgan fingerprint density at radius 1 is 1.38 bits per heavy atom. The van der Waals surface area contributed by atoms with E-state index in [4.69, 9.17) is 4.74 Å². The molecule has 0 spiro atoms. The second kappa shape index (κ2) is 9.51. The van der Waals surface area contributed by atoms with E-state index < -0.39 is 6.04 Å². The maximum atomic E-state index is 11.4. The summed E-state index contributed by atoms with van der Waals surface area (Å²) in [6, 6.07) is -0.556. The van der Waals surface area contributed by atoms with Gasteiger partial charge in [0.2, 0.25) is 5.91 Å². The van der Waals surface area contributed by atoms with Crippen LogP contribution in [-0.4, -0.2) is 36.0 Å². The van der Waals surface area contributed by atoms with Gasteiger partial charge in [-0.25, -0.2) is 4.79 Å². The van der Waals surface area contributed by atoms with Gasteiger partial charge in [-0.3, -0.25) is 4.79 Å². The molecule has 5 heteroatoms. The zero-order valence-corrected chi connectivity index (χ0v) is 11.1. The quantitative estimate of drug-likeness (QED) is 0.523. The first-order chi connectivity index (χ1) is 7.61. The number of carbonyl (C=O) groups is 2. The fourth-order valence-corrected chi connectivity index (χ4v) is 1.93. The molecule has 0 heterocycles. The molecule has 0 aliphatic rings. The van der Waals surface area contributed by atoms with Crippen LogP contribution in [0.5, 0.6) is 0 Å². The summed E-state index contributed by atoms with van der Waals surface area (Å²) in [6.45, 7) is 5.83. The van der Waals surface area contributed by atoms with E-state index in [1.165, 1.54) is 0 Å². The van der Waals surface area contributed by atoms with Gasteiger partial charge in [0.05, 0.1) is 12.4 Å². The number of amides is 1. The highest BCUT2D eigenvalue weighted by Gasteiger charge is 2.15. The summed E-state index contributed by atoms with van der Waals surface area (Å²) in [5.74, 6) is 0.901. The molecule has 0 fully saturated rings. The lowest BCUT2D eigenvalue weighted by Gasteiger charge is -2.12. The average Bonchev–Trinajstić information content (AvgIpc) is 2.24. The summed E-state index contributed by atoms with van der Waals surface area (Å²) < 4.78 is 4.79. The van der Waals surface area contributed by atoms with Crippen LogP contribution in [0.1, 0.15) is 33.6 Å². The molecule has 0 saturated heterocycles. The number of rotatable bonds is 8. The van der Waals surface area contributed by atoms with Crippen LogP contribution in [0.2, 0.25) is 0 Å². The number of esters is 1. The average molecular weight is 247 g/mol. The summed E-state index contributed by atoms with van der Waals surface area (Å²) in [5, 5.41) is 2.61. The fourth-order valence-electron chi connectivity index (χ4n) is 1.02. The van der Waals surface area contributed by atoms with E-state index in [0.717, 1.165) is 18.6 Å². The van der Waals surface area contributed by atoms with Crippen LogP contribution in [0, 0.1) is 0 Å². The fraction of sp³-hybridized carbons (Fsp3) is 0.818. The molecule has 0 aromatic carbocycles. The zero-order valence-electron chi connectivity index (χ0n) is 10.2. The topological polar surface area (TPSA) is 55.4 Å². The highest BCUT2D eigenvalue weighted by atomic mass is 32.2. The number of thioether (sulfide) groups is 1. The first kappa shape index (κ1) is 15.3. The Morgan fingerprint density at radius 2 is 2.06 bits per heavy atom. The molecule has 1 atom stereocenters. The molecule has 0 aromatic heterocycles. The predicted molar refractivity (Wildman–Crippen MR) is 66.5 cm³/mol. The third kappa shape index (κ3) is 7.56. The van der Waals surface area contributed by atoms with E-state index in [1.807, 2.05) is 0 Å². The number of unbranched alkanes of at least 4 members (excludes halogenated alkanes) is 1.